The summed E-state index contributed by atoms with van der Waals surface area (Å²) in [6.07, 6.45) is -0.750. The van der Waals surface area contributed by atoms with Gasteiger partial charge in [-0.1, -0.05) is 24.3 Å². The lowest BCUT2D eigenvalue weighted by Crippen LogP contribution is -2.22. The van der Waals surface area contributed by atoms with Crippen LogP contribution in [0.1, 0.15) is 11.1 Å². The molecule has 1 aromatic carbocycles. The van der Waals surface area contributed by atoms with Crippen molar-refractivity contribution in [1.82, 2.24) is 5.32 Å². The molecule has 0 fully saturated rings. The highest BCUT2D eigenvalue weighted by molar-refractivity contribution is 8.54. The molecule has 0 saturated heterocycles. The monoisotopic (exact) mass is 379 g/mol. The summed E-state index contributed by atoms with van der Waals surface area (Å²) in [5.41, 5.74) is 2.11. The van der Waals surface area contributed by atoms with Gasteiger partial charge in [-0.2, -0.15) is 0 Å². The van der Waals surface area contributed by atoms with Gasteiger partial charge in [0.1, 0.15) is 6.10 Å². The van der Waals surface area contributed by atoms with Crippen molar-refractivity contribution in [2.45, 2.75) is 18.4 Å². The van der Waals surface area contributed by atoms with Crippen LogP contribution in [-0.2, 0) is 30.6 Å². The number of benzene rings is 1. The van der Waals surface area contributed by atoms with Gasteiger partial charge in [0.05, 0.1) is 26.4 Å². The van der Waals surface area contributed by atoms with E-state index in [1.54, 1.807) is 0 Å². The highest BCUT2D eigenvalue weighted by Crippen LogP contribution is 2.62. The molecule has 3 N–H and O–H groups in total. The van der Waals surface area contributed by atoms with E-state index < -0.39 is 12.9 Å². The van der Waals surface area contributed by atoms with Gasteiger partial charge in [0.2, 0.25) is 0 Å². The van der Waals surface area contributed by atoms with E-state index in [9.17, 15) is 9.67 Å². The Morgan fingerprint density at radius 1 is 1.29 bits per heavy atom. The summed E-state index contributed by atoms with van der Waals surface area (Å²) in [5, 5.41) is 21.3. The van der Waals surface area contributed by atoms with Crippen LogP contribution in [0.25, 0.3) is 0 Å². The SMILES string of the molecule is CNCc1ccccc1CSP(=O)(OCCO)OC(CO)COC. The molecule has 0 radical (unpaired) electrons. The molecule has 0 aliphatic carbocycles. The molecule has 9 heteroatoms. The quantitative estimate of drug-likeness (QED) is 0.446. The van der Waals surface area contributed by atoms with Crippen LogP contribution in [0.2, 0.25) is 0 Å². The van der Waals surface area contributed by atoms with Crippen LogP contribution >= 0.6 is 18.2 Å². The second-order valence-electron chi connectivity index (χ2n) is 4.94. The third-order valence-electron chi connectivity index (χ3n) is 3.04. The molecular formula is C15H26NO6PS. The molecular weight excluding hydrogens is 353 g/mol. The molecule has 0 heterocycles. The van der Waals surface area contributed by atoms with Crippen LogP contribution < -0.4 is 5.32 Å². The molecule has 0 aromatic heterocycles. The number of hydrogen-bond acceptors (Lipinski definition) is 8. The van der Waals surface area contributed by atoms with Crippen molar-refractivity contribution in [2.24, 2.45) is 0 Å². The van der Waals surface area contributed by atoms with Crippen molar-refractivity contribution in [3.8, 4) is 0 Å². The minimum absolute atomic E-state index is 0.0971. The van der Waals surface area contributed by atoms with Gasteiger partial charge < -0.3 is 20.3 Å². The Labute approximate surface area is 147 Å². The van der Waals surface area contributed by atoms with E-state index in [1.165, 1.54) is 7.11 Å². The molecule has 1 aromatic rings. The zero-order valence-corrected chi connectivity index (χ0v) is 15.7. The zero-order chi connectivity index (χ0) is 17.8. The highest BCUT2D eigenvalue weighted by Gasteiger charge is 2.30. The first-order chi connectivity index (χ1) is 11.6. The number of aliphatic hydroxyl groups is 2. The molecule has 0 bridgehead atoms. The third-order valence-corrected chi connectivity index (χ3v) is 6.76. The van der Waals surface area contributed by atoms with E-state index in [-0.39, 0.29) is 26.4 Å². The van der Waals surface area contributed by atoms with Gasteiger partial charge in [-0.05, 0) is 29.6 Å². The molecule has 24 heavy (non-hydrogen) atoms. The average molecular weight is 379 g/mol. The van der Waals surface area contributed by atoms with Crippen molar-refractivity contribution in [3.05, 3.63) is 35.4 Å². The van der Waals surface area contributed by atoms with E-state index >= 15 is 0 Å². The van der Waals surface area contributed by atoms with Gasteiger partial charge >= 0.3 is 6.80 Å². The summed E-state index contributed by atoms with van der Waals surface area (Å²) in [6.45, 7) is -3.46. The number of methoxy groups -OCH3 is 1. The summed E-state index contributed by atoms with van der Waals surface area (Å²) < 4.78 is 28.5. The first-order valence-corrected chi connectivity index (χ1v) is 10.7. The normalized spacial score (nSPS) is 15.2. The predicted molar refractivity (Wildman–Crippen MR) is 95.0 cm³/mol. The fraction of sp³-hybridized carbons (Fsp3) is 0.600. The largest absolute Gasteiger partial charge is 0.394 e. The maximum Gasteiger partial charge on any atom is 0.389 e. The number of nitrogens with one attached hydrogen (secondary N) is 1. The first-order valence-electron chi connectivity index (χ1n) is 7.58. The highest BCUT2D eigenvalue weighted by atomic mass is 32.7. The summed E-state index contributed by atoms with van der Waals surface area (Å²) in [7, 11) is 3.32. The lowest BCUT2D eigenvalue weighted by atomic mass is 10.1. The van der Waals surface area contributed by atoms with Gasteiger partial charge in [-0.3, -0.25) is 9.05 Å². The van der Waals surface area contributed by atoms with E-state index in [1.807, 2.05) is 31.3 Å². The Balaban J connectivity index is 2.80. The Bertz CT molecular complexity index is 518. The van der Waals surface area contributed by atoms with E-state index in [4.69, 9.17) is 18.9 Å². The van der Waals surface area contributed by atoms with Crippen LogP contribution in [0.3, 0.4) is 0 Å². The molecule has 0 aliphatic rings. The summed E-state index contributed by atoms with van der Waals surface area (Å²) in [6, 6.07) is 7.80. The van der Waals surface area contributed by atoms with E-state index in [0.717, 1.165) is 22.5 Å². The minimum atomic E-state index is -3.55. The molecule has 0 amide bonds. The second-order valence-corrected chi connectivity index (χ2v) is 8.97. The van der Waals surface area contributed by atoms with Crippen LogP contribution in [0.15, 0.2) is 24.3 Å². The first kappa shape index (κ1) is 21.6. The smallest absolute Gasteiger partial charge is 0.389 e. The van der Waals surface area contributed by atoms with Gasteiger partial charge in [0.15, 0.2) is 0 Å². The Morgan fingerprint density at radius 2 is 2.00 bits per heavy atom. The van der Waals surface area contributed by atoms with E-state index in [2.05, 4.69) is 5.32 Å². The summed E-state index contributed by atoms with van der Waals surface area (Å²) in [5.74, 6) is 0.422. The number of hydrogen-bond donors (Lipinski definition) is 3. The van der Waals surface area contributed by atoms with Crippen LogP contribution in [-0.4, -0.2) is 56.9 Å². The van der Waals surface area contributed by atoms with Crippen molar-refractivity contribution >= 4 is 18.2 Å². The Morgan fingerprint density at radius 3 is 2.58 bits per heavy atom. The fourth-order valence-corrected chi connectivity index (χ4v) is 5.41. The van der Waals surface area contributed by atoms with Crippen LogP contribution in [0, 0.1) is 0 Å². The molecule has 138 valence electrons. The standard InChI is InChI=1S/C15H26NO6PS/c1-16-9-13-5-3-4-6-14(13)12-24-23(19,21-8-7-17)22-15(10-18)11-20-2/h3-6,15-18H,7-12H2,1-2H3. The zero-order valence-electron chi connectivity index (χ0n) is 14.0. The molecule has 1 rings (SSSR count). The lowest BCUT2D eigenvalue weighted by Gasteiger charge is -2.22. The number of ether oxygens (including phenoxy) is 1. The van der Waals surface area contributed by atoms with Crippen molar-refractivity contribution in [3.63, 3.8) is 0 Å². The van der Waals surface area contributed by atoms with Gasteiger partial charge in [-0.15, -0.1) is 0 Å². The molecule has 7 nitrogen and oxygen atoms in total. The predicted octanol–water partition coefficient (Wildman–Crippen LogP) is 1.78. The maximum atomic E-state index is 12.9. The van der Waals surface area contributed by atoms with Crippen molar-refractivity contribution in [2.75, 3.05) is 40.6 Å². The minimum Gasteiger partial charge on any atom is -0.394 e. The average Bonchev–Trinajstić information content (AvgIpc) is 2.59. The molecule has 0 spiro atoms. The lowest BCUT2D eigenvalue weighted by molar-refractivity contribution is 0.0318. The van der Waals surface area contributed by atoms with Crippen molar-refractivity contribution < 1.29 is 28.6 Å². The second kappa shape index (κ2) is 12.0. The number of rotatable bonds is 13. The molecule has 0 aliphatic heterocycles. The Hall–Kier alpha value is -0.440. The summed E-state index contributed by atoms with van der Waals surface area (Å²) >= 11 is 1.03. The summed E-state index contributed by atoms with van der Waals surface area (Å²) in [4.78, 5) is 0. The van der Waals surface area contributed by atoms with Gasteiger partial charge in [0, 0.05) is 19.4 Å². The van der Waals surface area contributed by atoms with Crippen LogP contribution in [0.5, 0.6) is 0 Å². The van der Waals surface area contributed by atoms with Gasteiger partial charge in [0.25, 0.3) is 0 Å². The number of aliphatic hydroxyl groups excluding tert-OH is 2. The molecule has 0 saturated carbocycles. The van der Waals surface area contributed by atoms with Crippen LogP contribution in [0.4, 0.5) is 0 Å². The maximum absolute atomic E-state index is 12.9. The van der Waals surface area contributed by atoms with E-state index in [0.29, 0.717) is 12.3 Å². The molecule has 2 atom stereocenters. The topological polar surface area (TPSA) is 97.3 Å². The Kier molecular flexibility index (Phi) is 10.8. The molecule has 2 unspecified atom stereocenters. The van der Waals surface area contributed by atoms with Crippen molar-refractivity contribution in [1.29, 1.82) is 0 Å². The van der Waals surface area contributed by atoms with Gasteiger partial charge in [-0.25, -0.2) is 4.57 Å². The fourth-order valence-electron chi connectivity index (χ4n) is 1.95. The third kappa shape index (κ3) is 7.63.